The molecule has 0 bridgehead atoms. The molecule has 9 nitrogen and oxygen atoms in total. The second kappa shape index (κ2) is 14.4. The molecule has 0 saturated carbocycles. The van der Waals surface area contributed by atoms with Gasteiger partial charge >= 0.3 is 0 Å². The fourth-order valence-corrected chi connectivity index (χ4v) is 4.89. The van der Waals surface area contributed by atoms with E-state index in [1.165, 1.54) is 0 Å². The van der Waals surface area contributed by atoms with E-state index < -0.39 is 0 Å². The minimum absolute atomic E-state index is 0.0335. The van der Waals surface area contributed by atoms with E-state index in [9.17, 15) is 9.59 Å². The Hall–Kier alpha value is -3.98. The van der Waals surface area contributed by atoms with Gasteiger partial charge in [-0.3, -0.25) is 9.59 Å². The summed E-state index contributed by atoms with van der Waals surface area (Å²) in [6.07, 6.45) is 0.819. The highest BCUT2D eigenvalue weighted by atomic mass is 16.5. The monoisotopic (exact) mass is 544 g/mol. The molecule has 0 N–H and O–H groups in total. The number of hydrogen-bond acceptors (Lipinski definition) is 7. The van der Waals surface area contributed by atoms with Crippen molar-refractivity contribution in [2.75, 3.05) is 70.9 Å². The Morgan fingerprint density at radius 3 is 2.25 bits per heavy atom. The summed E-state index contributed by atoms with van der Waals surface area (Å²) in [5.41, 5.74) is 2.42. The Kier molecular flexibility index (Phi) is 10.5. The van der Waals surface area contributed by atoms with Gasteiger partial charge in [-0.25, -0.2) is 0 Å². The first-order valence-corrected chi connectivity index (χ1v) is 14.1. The van der Waals surface area contributed by atoms with E-state index in [2.05, 4.69) is 33.8 Å². The fourth-order valence-electron chi connectivity index (χ4n) is 4.89. The average Bonchev–Trinajstić information content (AvgIpc) is 3.28. The zero-order valence-electron chi connectivity index (χ0n) is 23.8. The van der Waals surface area contributed by atoms with Crippen LogP contribution >= 0.6 is 0 Å². The van der Waals surface area contributed by atoms with Crippen LogP contribution in [0.5, 0.6) is 5.75 Å². The molecule has 1 aromatic heterocycles. The number of carbonyl (C=O) groups excluding carboxylic acids is 2. The lowest BCUT2D eigenvalue weighted by molar-refractivity contribution is -0.131. The summed E-state index contributed by atoms with van der Waals surface area (Å²) in [7, 11) is 1.60. The zero-order valence-corrected chi connectivity index (χ0v) is 23.8. The number of likely N-dealkylation sites (N-methyl/N-ethyl adjacent to an activating group) is 1. The van der Waals surface area contributed by atoms with Gasteiger partial charge in [0.15, 0.2) is 5.82 Å². The van der Waals surface area contributed by atoms with E-state index in [0.717, 1.165) is 43.1 Å². The molecule has 40 heavy (non-hydrogen) atoms. The molecule has 4 rings (SSSR count). The third kappa shape index (κ3) is 7.57. The van der Waals surface area contributed by atoms with E-state index in [1.807, 2.05) is 47.4 Å². The van der Waals surface area contributed by atoms with Crippen molar-refractivity contribution in [1.82, 2.24) is 24.9 Å². The smallest absolute Gasteiger partial charge is 0.254 e. The molecule has 1 saturated heterocycles. The van der Waals surface area contributed by atoms with Gasteiger partial charge in [-0.05, 0) is 55.9 Å². The van der Waals surface area contributed by atoms with E-state index in [1.54, 1.807) is 36.3 Å². The van der Waals surface area contributed by atoms with Gasteiger partial charge in [0.2, 0.25) is 5.91 Å². The maximum absolute atomic E-state index is 13.5. The highest BCUT2D eigenvalue weighted by Gasteiger charge is 2.25. The molecule has 2 heterocycles. The Morgan fingerprint density at radius 2 is 1.60 bits per heavy atom. The number of ether oxygens (including phenoxy) is 1. The first-order valence-electron chi connectivity index (χ1n) is 14.1. The molecule has 9 heteroatoms. The van der Waals surface area contributed by atoms with Crippen molar-refractivity contribution in [1.29, 1.82) is 0 Å². The molecule has 1 fully saturated rings. The predicted octanol–water partition coefficient (Wildman–Crippen LogP) is 3.68. The van der Waals surface area contributed by atoms with Gasteiger partial charge < -0.3 is 24.3 Å². The second-order valence-corrected chi connectivity index (χ2v) is 9.85. The van der Waals surface area contributed by atoms with E-state index >= 15 is 0 Å². The molecular weight excluding hydrogens is 504 g/mol. The number of methoxy groups -OCH3 is 1. The molecule has 2 aromatic carbocycles. The van der Waals surface area contributed by atoms with Gasteiger partial charge in [-0.1, -0.05) is 44.2 Å². The second-order valence-electron chi connectivity index (χ2n) is 9.85. The largest absolute Gasteiger partial charge is 0.497 e. The summed E-state index contributed by atoms with van der Waals surface area (Å²) in [6, 6.07) is 21.0. The van der Waals surface area contributed by atoms with Gasteiger partial charge in [0, 0.05) is 50.4 Å². The quantitative estimate of drug-likeness (QED) is 0.364. The molecule has 1 aliphatic heterocycles. The van der Waals surface area contributed by atoms with Crippen LogP contribution in [0, 0.1) is 0 Å². The third-order valence-corrected chi connectivity index (χ3v) is 7.42. The Balaban J connectivity index is 1.39. The van der Waals surface area contributed by atoms with Crippen molar-refractivity contribution >= 4 is 17.6 Å². The molecule has 2 amide bonds. The van der Waals surface area contributed by atoms with Crippen molar-refractivity contribution in [3.05, 3.63) is 72.3 Å². The molecule has 0 atom stereocenters. The maximum Gasteiger partial charge on any atom is 0.254 e. The Morgan fingerprint density at radius 1 is 0.850 bits per heavy atom. The summed E-state index contributed by atoms with van der Waals surface area (Å²) >= 11 is 0. The number of aromatic nitrogens is 2. The molecular formula is C31H40N6O3. The van der Waals surface area contributed by atoms with E-state index in [-0.39, 0.29) is 18.4 Å². The summed E-state index contributed by atoms with van der Waals surface area (Å²) in [5.74, 6) is 1.32. The highest BCUT2D eigenvalue weighted by Crippen LogP contribution is 2.19. The minimum atomic E-state index is -0.145. The van der Waals surface area contributed by atoms with Crippen LogP contribution in [0.25, 0.3) is 11.3 Å². The molecule has 0 unspecified atom stereocenters. The standard InChI is InChI=1S/C31H40N6O3/c1-4-34(5-2)20-21-37(31(39)26-12-14-27(40-3)15-13-26)24-30(38)36-19-9-18-35(22-23-36)29-17-16-28(32-33-29)25-10-7-6-8-11-25/h6-8,10-17H,4-5,9,18-24H2,1-3H3. The van der Waals surface area contributed by atoms with Gasteiger partial charge in [0.05, 0.1) is 12.8 Å². The van der Waals surface area contributed by atoms with Gasteiger partial charge in [0.1, 0.15) is 12.3 Å². The van der Waals surface area contributed by atoms with E-state index in [4.69, 9.17) is 4.74 Å². The first-order chi connectivity index (χ1) is 19.5. The number of anilines is 1. The van der Waals surface area contributed by atoms with Crippen LogP contribution in [-0.4, -0.2) is 103 Å². The number of hydrogen-bond donors (Lipinski definition) is 0. The lowest BCUT2D eigenvalue weighted by atomic mass is 10.1. The molecule has 0 radical (unpaired) electrons. The summed E-state index contributed by atoms with van der Waals surface area (Å²) in [4.78, 5) is 34.9. The van der Waals surface area contributed by atoms with Crippen LogP contribution in [0.15, 0.2) is 66.7 Å². The Bertz CT molecular complexity index is 1220. The van der Waals surface area contributed by atoms with Crippen LogP contribution in [0.2, 0.25) is 0 Å². The Labute approximate surface area is 237 Å². The van der Waals surface area contributed by atoms with Crippen LogP contribution in [0.1, 0.15) is 30.6 Å². The van der Waals surface area contributed by atoms with Crippen molar-refractivity contribution < 1.29 is 14.3 Å². The average molecular weight is 545 g/mol. The molecule has 0 aliphatic carbocycles. The molecule has 3 aromatic rings. The number of amides is 2. The SMILES string of the molecule is CCN(CC)CCN(CC(=O)N1CCCN(c2ccc(-c3ccccc3)nn2)CC1)C(=O)c1ccc(OC)cc1. The van der Waals surface area contributed by atoms with Crippen molar-refractivity contribution in [2.24, 2.45) is 0 Å². The summed E-state index contributed by atoms with van der Waals surface area (Å²) in [5, 5.41) is 8.90. The van der Waals surface area contributed by atoms with Crippen molar-refractivity contribution in [3.63, 3.8) is 0 Å². The molecule has 0 spiro atoms. The van der Waals surface area contributed by atoms with Crippen molar-refractivity contribution in [3.8, 4) is 17.0 Å². The van der Waals surface area contributed by atoms with Gasteiger partial charge in [-0.2, -0.15) is 0 Å². The number of benzene rings is 2. The number of nitrogens with zero attached hydrogens (tertiary/aromatic N) is 6. The van der Waals surface area contributed by atoms with Gasteiger partial charge in [-0.15, -0.1) is 10.2 Å². The van der Waals surface area contributed by atoms with Crippen LogP contribution in [0.4, 0.5) is 5.82 Å². The highest BCUT2D eigenvalue weighted by molar-refractivity contribution is 5.96. The summed E-state index contributed by atoms with van der Waals surface area (Å²) in [6.45, 7) is 9.93. The number of carbonyl (C=O) groups is 2. The maximum atomic E-state index is 13.5. The predicted molar refractivity (Wildman–Crippen MR) is 158 cm³/mol. The van der Waals surface area contributed by atoms with Crippen LogP contribution in [-0.2, 0) is 4.79 Å². The first kappa shape index (κ1) is 29.0. The molecule has 212 valence electrons. The molecule has 1 aliphatic rings. The summed E-state index contributed by atoms with van der Waals surface area (Å²) < 4.78 is 5.24. The lowest BCUT2D eigenvalue weighted by Gasteiger charge is -2.29. The van der Waals surface area contributed by atoms with E-state index in [0.29, 0.717) is 44.0 Å². The fraction of sp³-hybridized carbons (Fsp3) is 0.419. The van der Waals surface area contributed by atoms with Crippen LogP contribution < -0.4 is 9.64 Å². The van der Waals surface area contributed by atoms with Gasteiger partial charge in [0.25, 0.3) is 5.91 Å². The number of rotatable bonds is 11. The zero-order chi connectivity index (χ0) is 28.3. The van der Waals surface area contributed by atoms with Crippen LogP contribution in [0.3, 0.4) is 0 Å². The van der Waals surface area contributed by atoms with Crippen molar-refractivity contribution in [2.45, 2.75) is 20.3 Å². The normalized spacial score (nSPS) is 13.7. The lowest BCUT2D eigenvalue weighted by Crippen LogP contribution is -2.46. The topological polar surface area (TPSA) is 82.1 Å². The third-order valence-electron chi connectivity index (χ3n) is 7.42. The minimum Gasteiger partial charge on any atom is -0.497 e.